The first-order valence-corrected chi connectivity index (χ1v) is 8.58. The third-order valence-electron chi connectivity index (χ3n) is 5.85. The molecule has 0 radical (unpaired) electrons. The van der Waals surface area contributed by atoms with Crippen LogP contribution in [0, 0.1) is 45.8 Å². The first-order chi connectivity index (χ1) is 11.5. The van der Waals surface area contributed by atoms with Crippen molar-refractivity contribution in [1.29, 1.82) is 10.5 Å². The van der Waals surface area contributed by atoms with E-state index in [9.17, 15) is 10.5 Å². The molecule has 0 saturated heterocycles. The summed E-state index contributed by atoms with van der Waals surface area (Å²) in [5.74, 6) is 1.14. The van der Waals surface area contributed by atoms with Crippen molar-refractivity contribution in [3.05, 3.63) is 60.3 Å². The van der Waals surface area contributed by atoms with Gasteiger partial charge in [-0.2, -0.15) is 10.5 Å². The second-order valence-corrected chi connectivity index (χ2v) is 7.35. The molecule has 2 heteroatoms. The zero-order chi connectivity index (χ0) is 17.9. The minimum atomic E-state index is 0.0921. The van der Waals surface area contributed by atoms with Gasteiger partial charge in [-0.3, -0.25) is 0 Å². The number of rotatable bonds is 7. The van der Waals surface area contributed by atoms with E-state index in [4.69, 9.17) is 0 Å². The monoisotopic (exact) mass is 318 g/mol. The Labute approximate surface area is 146 Å². The Morgan fingerprint density at radius 1 is 1.12 bits per heavy atom. The van der Waals surface area contributed by atoms with Gasteiger partial charge in [-0.15, -0.1) is 19.7 Å². The molecule has 124 valence electrons. The lowest BCUT2D eigenvalue weighted by Crippen LogP contribution is -2.52. The highest BCUT2D eigenvalue weighted by atomic mass is 14.6. The number of nitrogens with zero attached hydrogens (tertiary/aromatic N) is 2. The number of hydrogen-bond donors (Lipinski definition) is 0. The molecule has 24 heavy (non-hydrogen) atoms. The summed E-state index contributed by atoms with van der Waals surface area (Å²) in [6, 6.07) is 4.27. The Morgan fingerprint density at radius 3 is 2.12 bits per heavy atom. The Hall–Kier alpha value is -2.32. The second kappa shape index (κ2) is 7.06. The van der Waals surface area contributed by atoms with Crippen molar-refractivity contribution in [3.63, 3.8) is 0 Å². The first-order valence-electron chi connectivity index (χ1n) is 8.58. The fourth-order valence-corrected chi connectivity index (χ4v) is 4.65. The van der Waals surface area contributed by atoms with E-state index in [1.54, 1.807) is 0 Å². The molecule has 0 aromatic rings. The van der Waals surface area contributed by atoms with Gasteiger partial charge in [0.15, 0.2) is 0 Å². The van der Waals surface area contributed by atoms with Gasteiger partial charge in [0.05, 0.1) is 0 Å². The molecule has 2 bridgehead atoms. The van der Waals surface area contributed by atoms with E-state index >= 15 is 0 Å². The molecule has 0 heterocycles. The van der Waals surface area contributed by atoms with Gasteiger partial charge in [0.1, 0.15) is 17.7 Å². The maximum atomic E-state index is 9.49. The average Bonchev–Trinajstić information content (AvgIpc) is 2.56. The van der Waals surface area contributed by atoms with Crippen molar-refractivity contribution in [2.75, 3.05) is 0 Å². The van der Waals surface area contributed by atoms with E-state index in [-0.39, 0.29) is 11.0 Å². The lowest BCUT2D eigenvalue weighted by molar-refractivity contribution is 0.0124. The van der Waals surface area contributed by atoms with Crippen LogP contribution in [0.4, 0.5) is 0 Å². The van der Waals surface area contributed by atoms with Crippen LogP contribution in [0.15, 0.2) is 60.3 Å². The molecule has 3 aliphatic carbocycles. The van der Waals surface area contributed by atoms with Crippen molar-refractivity contribution in [2.24, 2.45) is 23.2 Å². The molecule has 0 aromatic heterocycles. The van der Waals surface area contributed by atoms with Crippen LogP contribution in [0.2, 0.25) is 0 Å². The van der Waals surface area contributed by atoms with Gasteiger partial charge < -0.3 is 0 Å². The first kappa shape index (κ1) is 18.0. The third-order valence-corrected chi connectivity index (χ3v) is 5.85. The standard InChI is InChI=1S/C22H26N2/c1-6-9-15(10-7-2)20-17(11-8-3)21(16(13-23)14-24)19-12-18(20)22(19,4)5/h6-8,15,18-19H,1-3,9-12H2,4-5H3/t18-,19+/m0/s1. The summed E-state index contributed by atoms with van der Waals surface area (Å²) in [6.07, 6.45) is 9.34. The van der Waals surface area contributed by atoms with E-state index in [1.165, 1.54) is 11.1 Å². The molecular weight excluding hydrogens is 292 g/mol. The molecule has 0 unspecified atom stereocenters. The summed E-state index contributed by atoms with van der Waals surface area (Å²) in [6.45, 7) is 16.3. The molecule has 1 fully saturated rings. The van der Waals surface area contributed by atoms with Crippen LogP contribution in [0.1, 0.15) is 39.5 Å². The highest BCUT2D eigenvalue weighted by Gasteiger charge is 2.57. The van der Waals surface area contributed by atoms with Crippen LogP contribution in [0.5, 0.6) is 0 Å². The highest BCUT2D eigenvalue weighted by Crippen LogP contribution is 2.65. The molecule has 0 amide bonds. The Bertz CT molecular complexity index is 677. The Balaban J connectivity index is 2.75. The molecule has 3 rings (SSSR count). The summed E-state index contributed by atoms with van der Waals surface area (Å²) in [5.41, 5.74) is 3.92. The van der Waals surface area contributed by atoms with E-state index < -0.39 is 0 Å². The number of allylic oxidation sites excluding steroid dienone is 7. The normalized spacial score (nSPS) is 23.8. The molecule has 1 saturated carbocycles. The van der Waals surface area contributed by atoms with Crippen molar-refractivity contribution < 1.29 is 0 Å². The minimum absolute atomic E-state index is 0.0921. The fraction of sp³-hybridized carbons (Fsp3) is 0.455. The quantitative estimate of drug-likeness (QED) is 0.450. The fourth-order valence-electron chi connectivity index (χ4n) is 4.65. The molecule has 2 atom stereocenters. The lowest BCUT2D eigenvalue weighted by atomic mass is 9.43. The van der Waals surface area contributed by atoms with Gasteiger partial charge in [0, 0.05) is 0 Å². The topological polar surface area (TPSA) is 47.6 Å². The van der Waals surface area contributed by atoms with Crippen LogP contribution in [-0.2, 0) is 0 Å². The molecule has 2 nitrogen and oxygen atoms in total. The number of nitriles is 2. The zero-order valence-electron chi connectivity index (χ0n) is 14.8. The van der Waals surface area contributed by atoms with Crippen LogP contribution in [-0.4, -0.2) is 0 Å². The summed E-state index contributed by atoms with van der Waals surface area (Å²) in [7, 11) is 0. The number of hydrogen-bond acceptors (Lipinski definition) is 2. The molecule has 0 aromatic carbocycles. The second-order valence-electron chi connectivity index (χ2n) is 7.35. The molecule has 0 N–H and O–H groups in total. The summed E-state index contributed by atoms with van der Waals surface area (Å²) < 4.78 is 0. The van der Waals surface area contributed by atoms with Crippen molar-refractivity contribution >= 4 is 0 Å². The lowest BCUT2D eigenvalue weighted by Gasteiger charge is -2.60. The number of fused-ring (bicyclic) bond motifs is 1. The molecule has 0 aliphatic heterocycles. The maximum Gasteiger partial charge on any atom is 0.133 e. The predicted octanol–water partition coefficient (Wildman–Crippen LogP) is 5.65. The van der Waals surface area contributed by atoms with Gasteiger partial charge in [-0.05, 0) is 60.0 Å². The molecule has 3 aliphatic rings. The maximum absolute atomic E-state index is 9.49. The molecule has 0 spiro atoms. The van der Waals surface area contributed by atoms with Crippen LogP contribution < -0.4 is 0 Å². The molecular formula is C22H26N2. The van der Waals surface area contributed by atoms with Gasteiger partial charge >= 0.3 is 0 Å². The predicted molar refractivity (Wildman–Crippen MR) is 98.6 cm³/mol. The summed E-state index contributed by atoms with van der Waals surface area (Å²) >= 11 is 0. The van der Waals surface area contributed by atoms with E-state index in [1.807, 2.05) is 18.2 Å². The Kier molecular flexibility index (Phi) is 5.30. The van der Waals surface area contributed by atoms with Gasteiger partial charge in [0.2, 0.25) is 0 Å². The van der Waals surface area contributed by atoms with Gasteiger partial charge in [0.25, 0.3) is 0 Å². The summed E-state index contributed by atoms with van der Waals surface area (Å²) in [4.78, 5) is 0. The van der Waals surface area contributed by atoms with Crippen molar-refractivity contribution in [1.82, 2.24) is 0 Å². The zero-order valence-corrected chi connectivity index (χ0v) is 14.8. The van der Waals surface area contributed by atoms with Gasteiger partial charge in [-0.25, -0.2) is 0 Å². The Morgan fingerprint density at radius 2 is 1.71 bits per heavy atom. The third kappa shape index (κ3) is 2.67. The van der Waals surface area contributed by atoms with Crippen molar-refractivity contribution in [2.45, 2.75) is 39.5 Å². The van der Waals surface area contributed by atoms with Gasteiger partial charge in [-0.1, -0.05) is 37.6 Å². The van der Waals surface area contributed by atoms with E-state index in [2.05, 4.69) is 45.7 Å². The van der Waals surface area contributed by atoms with Crippen LogP contribution in [0.3, 0.4) is 0 Å². The SMILES string of the molecule is C=CCC1=C(C(CC=C)CC=C)[C@@H]2C[C@H](C1=C(C#N)C#N)C2(C)C. The summed E-state index contributed by atoms with van der Waals surface area (Å²) in [5, 5.41) is 19.0. The van der Waals surface area contributed by atoms with Crippen LogP contribution >= 0.6 is 0 Å². The smallest absolute Gasteiger partial charge is 0.133 e. The van der Waals surface area contributed by atoms with Crippen LogP contribution in [0.25, 0.3) is 0 Å². The highest BCUT2D eigenvalue weighted by molar-refractivity contribution is 5.58. The average molecular weight is 318 g/mol. The van der Waals surface area contributed by atoms with E-state index in [0.717, 1.165) is 24.8 Å². The minimum Gasteiger partial charge on any atom is -0.192 e. The largest absolute Gasteiger partial charge is 0.192 e. The van der Waals surface area contributed by atoms with Crippen molar-refractivity contribution in [3.8, 4) is 12.1 Å². The van der Waals surface area contributed by atoms with E-state index in [0.29, 0.717) is 24.2 Å².